The van der Waals surface area contributed by atoms with Crippen molar-refractivity contribution in [1.29, 1.82) is 0 Å². The fourth-order valence-corrected chi connectivity index (χ4v) is 2.29. The van der Waals surface area contributed by atoms with Gasteiger partial charge in [0.15, 0.2) is 0 Å². The van der Waals surface area contributed by atoms with Crippen molar-refractivity contribution in [3.8, 4) is 0 Å². The number of nitrogens with one attached hydrogen (secondary N) is 1. The lowest BCUT2D eigenvalue weighted by Gasteiger charge is -2.15. The van der Waals surface area contributed by atoms with Gasteiger partial charge in [0, 0.05) is 22.9 Å². The molecule has 0 aliphatic heterocycles. The van der Waals surface area contributed by atoms with Crippen molar-refractivity contribution in [3.05, 3.63) is 68.8 Å². The summed E-state index contributed by atoms with van der Waals surface area (Å²) in [6.07, 6.45) is -10.1. The monoisotopic (exact) mass is 392 g/mol. The third kappa shape index (κ3) is 4.54. The van der Waals surface area contributed by atoms with Gasteiger partial charge in [-0.15, -0.1) is 0 Å². The Bertz CT molecular complexity index is 874. The summed E-state index contributed by atoms with van der Waals surface area (Å²) >= 11 is 0. The van der Waals surface area contributed by atoms with E-state index in [4.69, 9.17) is 0 Å². The first kappa shape index (κ1) is 20.2. The summed E-state index contributed by atoms with van der Waals surface area (Å²) in [5.41, 5.74) is -4.68. The molecule has 0 unspecified atom stereocenters. The van der Waals surface area contributed by atoms with Crippen LogP contribution >= 0.6 is 0 Å². The zero-order valence-corrected chi connectivity index (χ0v) is 13.4. The number of rotatable bonds is 3. The Balaban J connectivity index is 2.47. The van der Waals surface area contributed by atoms with Crippen molar-refractivity contribution in [2.24, 2.45) is 0 Å². The average Bonchev–Trinajstić information content (AvgIpc) is 2.52. The summed E-state index contributed by atoms with van der Waals surface area (Å²) in [4.78, 5) is 22.4. The number of halogens is 6. The normalized spacial score (nSPS) is 12.0. The second kappa shape index (κ2) is 6.89. The molecule has 0 saturated carbocycles. The Morgan fingerprint density at radius 3 is 1.96 bits per heavy atom. The third-order valence-corrected chi connectivity index (χ3v) is 3.59. The molecule has 144 valence electrons. The number of amides is 1. The first-order chi connectivity index (χ1) is 12.3. The number of benzene rings is 2. The molecule has 0 bridgehead atoms. The van der Waals surface area contributed by atoms with E-state index in [0.29, 0.717) is 12.1 Å². The number of nitro benzene ring substituents is 1. The molecule has 11 heteroatoms. The highest BCUT2D eigenvalue weighted by Crippen LogP contribution is 2.37. The van der Waals surface area contributed by atoms with Crippen molar-refractivity contribution >= 4 is 17.3 Å². The van der Waals surface area contributed by atoms with Gasteiger partial charge in [0.2, 0.25) is 0 Å². The molecule has 0 atom stereocenters. The Hall–Kier alpha value is -3.11. The lowest BCUT2D eigenvalue weighted by atomic mass is 10.1. The van der Waals surface area contributed by atoms with E-state index < -0.39 is 45.7 Å². The quantitative estimate of drug-likeness (QED) is 0.444. The predicted molar refractivity (Wildman–Crippen MR) is 82.2 cm³/mol. The maximum absolute atomic E-state index is 12.8. The van der Waals surface area contributed by atoms with Crippen molar-refractivity contribution in [1.82, 2.24) is 0 Å². The largest absolute Gasteiger partial charge is 0.416 e. The van der Waals surface area contributed by atoms with E-state index >= 15 is 0 Å². The fourth-order valence-electron chi connectivity index (χ4n) is 2.29. The lowest BCUT2D eigenvalue weighted by molar-refractivity contribution is -0.385. The van der Waals surface area contributed by atoms with Crippen molar-refractivity contribution < 1.29 is 36.1 Å². The summed E-state index contributed by atoms with van der Waals surface area (Å²) in [5, 5.41) is 12.8. The first-order valence-electron chi connectivity index (χ1n) is 7.15. The van der Waals surface area contributed by atoms with E-state index in [1.165, 1.54) is 13.0 Å². The van der Waals surface area contributed by atoms with Crippen LogP contribution < -0.4 is 5.32 Å². The minimum atomic E-state index is -5.07. The third-order valence-electron chi connectivity index (χ3n) is 3.59. The van der Waals surface area contributed by atoms with Gasteiger partial charge in [0.25, 0.3) is 11.6 Å². The highest BCUT2D eigenvalue weighted by Gasteiger charge is 2.37. The Morgan fingerprint density at radius 2 is 1.52 bits per heavy atom. The van der Waals surface area contributed by atoms with E-state index in [-0.39, 0.29) is 17.2 Å². The van der Waals surface area contributed by atoms with Crippen LogP contribution in [0.5, 0.6) is 0 Å². The van der Waals surface area contributed by atoms with E-state index in [1.54, 1.807) is 0 Å². The fraction of sp³-hybridized carbons (Fsp3) is 0.188. The van der Waals surface area contributed by atoms with Crippen LogP contribution in [0.3, 0.4) is 0 Å². The summed E-state index contributed by atoms with van der Waals surface area (Å²) in [7, 11) is 0. The van der Waals surface area contributed by atoms with Gasteiger partial charge in [0.1, 0.15) is 0 Å². The maximum Gasteiger partial charge on any atom is 0.416 e. The Kier molecular flexibility index (Phi) is 5.16. The molecule has 1 N–H and O–H groups in total. The molecule has 0 heterocycles. The predicted octanol–water partition coefficient (Wildman–Crippen LogP) is 5.19. The van der Waals surface area contributed by atoms with Gasteiger partial charge >= 0.3 is 12.4 Å². The molecule has 2 aromatic rings. The first-order valence-corrected chi connectivity index (χ1v) is 7.15. The summed E-state index contributed by atoms with van der Waals surface area (Å²) in [6.45, 7) is 1.24. The molecule has 0 saturated heterocycles. The number of hydrogen-bond donors (Lipinski definition) is 1. The van der Waals surface area contributed by atoms with Crippen molar-refractivity contribution in [3.63, 3.8) is 0 Å². The van der Waals surface area contributed by atoms with Crippen LogP contribution in [0.4, 0.5) is 37.7 Å². The molecule has 5 nitrogen and oxygen atoms in total. The highest BCUT2D eigenvalue weighted by atomic mass is 19.4. The number of nitrogens with zero attached hydrogens (tertiary/aromatic N) is 1. The number of nitro groups is 1. The molecule has 27 heavy (non-hydrogen) atoms. The topological polar surface area (TPSA) is 72.2 Å². The Morgan fingerprint density at radius 1 is 1.00 bits per heavy atom. The molecule has 2 aromatic carbocycles. The Labute approximate surface area is 147 Å². The average molecular weight is 392 g/mol. The van der Waals surface area contributed by atoms with Gasteiger partial charge < -0.3 is 5.32 Å². The van der Waals surface area contributed by atoms with Crippen LogP contribution in [-0.2, 0) is 12.4 Å². The van der Waals surface area contributed by atoms with E-state index in [2.05, 4.69) is 0 Å². The van der Waals surface area contributed by atoms with Crippen LogP contribution in [0.25, 0.3) is 0 Å². The molecule has 0 aromatic heterocycles. The molecule has 0 aliphatic carbocycles. The molecule has 0 fully saturated rings. The summed E-state index contributed by atoms with van der Waals surface area (Å²) in [6, 6.07) is 4.06. The SMILES string of the molecule is Cc1c(C(=O)Nc2cc(C(F)(F)F)cc(C(F)(F)F)c2)cccc1[N+](=O)[O-]. The van der Waals surface area contributed by atoms with Crippen LogP contribution in [0.15, 0.2) is 36.4 Å². The second-order valence-corrected chi connectivity index (χ2v) is 5.46. The zero-order chi connectivity index (χ0) is 20.6. The molecular formula is C16H10F6N2O3. The molecule has 0 radical (unpaired) electrons. The zero-order valence-electron chi connectivity index (χ0n) is 13.4. The van der Waals surface area contributed by atoms with Crippen LogP contribution in [-0.4, -0.2) is 10.8 Å². The van der Waals surface area contributed by atoms with Gasteiger partial charge in [-0.2, -0.15) is 26.3 Å². The van der Waals surface area contributed by atoms with Crippen molar-refractivity contribution in [2.45, 2.75) is 19.3 Å². The minimum absolute atomic E-state index is 0.0751. The molecule has 0 aliphatic rings. The van der Waals surface area contributed by atoms with Gasteiger partial charge in [-0.1, -0.05) is 6.07 Å². The number of hydrogen-bond acceptors (Lipinski definition) is 3. The van der Waals surface area contributed by atoms with Gasteiger partial charge in [-0.05, 0) is 31.2 Å². The lowest BCUT2D eigenvalue weighted by Crippen LogP contribution is -2.17. The van der Waals surface area contributed by atoms with E-state index in [9.17, 15) is 41.3 Å². The molecule has 2 rings (SSSR count). The summed E-state index contributed by atoms with van der Waals surface area (Å²) in [5.74, 6) is -1.08. The van der Waals surface area contributed by atoms with Crippen LogP contribution in [0.1, 0.15) is 27.0 Å². The van der Waals surface area contributed by atoms with Crippen molar-refractivity contribution in [2.75, 3.05) is 5.32 Å². The minimum Gasteiger partial charge on any atom is -0.322 e. The van der Waals surface area contributed by atoms with E-state index in [1.807, 2.05) is 5.32 Å². The maximum atomic E-state index is 12.8. The van der Waals surface area contributed by atoms with Crippen LogP contribution in [0.2, 0.25) is 0 Å². The number of anilines is 1. The number of alkyl halides is 6. The molecular weight excluding hydrogens is 382 g/mol. The van der Waals surface area contributed by atoms with Gasteiger partial charge in [-0.25, -0.2) is 0 Å². The molecule has 0 spiro atoms. The number of carbonyl (C=O) groups excluding carboxylic acids is 1. The van der Waals surface area contributed by atoms with Crippen LogP contribution in [0, 0.1) is 17.0 Å². The second-order valence-electron chi connectivity index (χ2n) is 5.46. The smallest absolute Gasteiger partial charge is 0.322 e. The standard InChI is InChI=1S/C16H10F6N2O3/c1-8-12(3-2-4-13(8)24(26)27)14(25)23-11-6-9(15(17,18)19)5-10(7-11)16(20,21)22/h2-7H,1H3,(H,23,25). The highest BCUT2D eigenvalue weighted by molar-refractivity contribution is 6.06. The van der Waals surface area contributed by atoms with Gasteiger partial charge in [0.05, 0.1) is 16.1 Å². The van der Waals surface area contributed by atoms with Gasteiger partial charge in [-0.3, -0.25) is 14.9 Å². The summed E-state index contributed by atoms with van der Waals surface area (Å²) < 4.78 is 77.1. The molecule has 1 amide bonds. The van der Waals surface area contributed by atoms with E-state index in [0.717, 1.165) is 12.1 Å². The number of carbonyl (C=O) groups is 1.